The van der Waals surface area contributed by atoms with Crippen molar-refractivity contribution in [3.63, 3.8) is 0 Å². The van der Waals surface area contributed by atoms with Crippen molar-refractivity contribution >= 4 is 5.91 Å². The number of hydrogen-bond acceptors (Lipinski definition) is 3. The summed E-state index contributed by atoms with van der Waals surface area (Å²) in [5.74, 6) is 5.72. The van der Waals surface area contributed by atoms with Gasteiger partial charge in [-0.3, -0.25) is 10.2 Å². The summed E-state index contributed by atoms with van der Waals surface area (Å²) >= 11 is 0. The molecule has 4 heteroatoms. The molecule has 1 amide bonds. The average Bonchev–Trinajstić information content (AvgIpc) is 2.42. The minimum absolute atomic E-state index is 0.0332. The van der Waals surface area contributed by atoms with Crippen molar-refractivity contribution in [2.24, 2.45) is 23.6 Å². The highest BCUT2D eigenvalue weighted by atomic mass is 16.3. The molecule has 4 N–H and O–H groups in total. The van der Waals surface area contributed by atoms with Gasteiger partial charge in [-0.2, -0.15) is 0 Å². The Hall–Kier alpha value is -0.610. The van der Waals surface area contributed by atoms with Gasteiger partial charge in [-0.15, -0.1) is 0 Å². The molecule has 0 aromatic carbocycles. The van der Waals surface area contributed by atoms with Gasteiger partial charge in [0.15, 0.2) is 0 Å². The summed E-state index contributed by atoms with van der Waals surface area (Å²) in [5, 5.41) is 9.72. The van der Waals surface area contributed by atoms with Gasteiger partial charge in [0.25, 0.3) is 0 Å². The maximum Gasteiger partial charge on any atom is 0.237 e. The molecule has 13 heavy (non-hydrogen) atoms. The van der Waals surface area contributed by atoms with E-state index in [4.69, 9.17) is 5.84 Å². The van der Waals surface area contributed by atoms with Gasteiger partial charge >= 0.3 is 0 Å². The van der Waals surface area contributed by atoms with E-state index in [1.54, 1.807) is 0 Å². The zero-order valence-corrected chi connectivity index (χ0v) is 7.57. The number of carbonyl (C=O) groups excluding carboxylic acids is 1. The highest BCUT2D eigenvalue weighted by Gasteiger charge is 2.43. The second-order valence-electron chi connectivity index (χ2n) is 4.27. The molecule has 0 heterocycles. The van der Waals surface area contributed by atoms with E-state index in [1.165, 1.54) is 0 Å². The van der Waals surface area contributed by atoms with Crippen molar-refractivity contribution in [2.45, 2.75) is 31.8 Å². The molecule has 0 spiro atoms. The van der Waals surface area contributed by atoms with Gasteiger partial charge < -0.3 is 5.11 Å². The van der Waals surface area contributed by atoms with Gasteiger partial charge in [0.05, 0.1) is 6.10 Å². The lowest BCUT2D eigenvalue weighted by Crippen LogP contribution is -2.41. The van der Waals surface area contributed by atoms with Crippen molar-refractivity contribution in [2.75, 3.05) is 0 Å². The van der Waals surface area contributed by atoms with Crippen molar-refractivity contribution in [1.82, 2.24) is 5.43 Å². The molecule has 74 valence electrons. The number of nitrogens with one attached hydrogen (secondary N) is 1. The predicted octanol–water partition coefficient (Wildman–Crippen LogP) is -0.227. The summed E-state index contributed by atoms with van der Waals surface area (Å²) in [4.78, 5) is 11.3. The van der Waals surface area contributed by atoms with Gasteiger partial charge in [0.1, 0.15) is 0 Å². The summed E-state index contributed by atoms with van der Waals surface area (Å²) < 4.78 is 0. The van der Waals surface area contributed by atoms with Crippen molar-refractivity contribution in [1.29, 1.82) is 0 Å². The Labute approximate surface area is 77.5 Å². The Bertz CT molecular complexity index is 206. The van der Waals surface area contributed by atoms with Crippen LogP contribution >= 0.6 is 0 Å². The first-order valence-electron chi connectivity index (χ1n) is 4.91. The normalized spacial score (nSPS) is 43.2. The third kappa shape index (κ3) is 1.44. The molecule has 2 bridgehead atoms. The summed E-state index contributed by atoms with van der Waals surface area (Å²) in [5.41, 5.74) is 2.20. The number of aliphatic hydroxyl groups is 1. The minimum Gasteiger partial charge on any atom is -0.393 e. The minimum atomic E-state index is -0.165. The van der Waals surface area contributed by atoms with E-state index in [2.05, 4.69) is 5.43 Å². The molecule has 2 saturated carbocycles. The first-order valence-corrected chi connectivity index (χ1v) is 4.91. The number of amides is 1. The highest BCUT2D eigenvalue weighted by Crippen LogP contribution is 2.44. The van der Waals surface area contributed by atoms with Crippen LogP contribution in [0, 0.1) is 17.8 Å². The van der Waals surface area contributed by atoms with Crippen LogP contribution < -0.4 is 11.3 Å². The molecule has 0 radical (unpaired) electrons. The van der Waals surface area contributed by atoms with Crippen molar-refractivity contribution < 1.29 is 9.90 Å². The molecule has 0 unspecified atom stereocenters. The third-order valence-electron chi connectivity index (χ3n) is 3.56. The number of nitrogens with two attached hydrogens (primary N) is 1. The molecule has 2 atom stereocenters. The SMILES string of the molecule is NNC(=O)C1C[C@@H]2CC[C@@H](C1)C2O. The quantitative estimate of drug-likeness (QED) is 0.299. The van der Waals surface area contributed by atoms with E-state index in [0.717, 1.165) is 25.7 Å². The monoisotopic (exact) mass is 184 g/mol. The van der Waals surface area contributed by atoms with Crippen LogP contribution in [0.2, 0.25) is 0 Å². The Morgan fingerprint density at radius 3 is 2.31 bits per heavy atom. The fourth-order valence-electron chi connectivity index (χ4n) is 2.83. The van der Waals surface area contributed by atoms with Crippen LogP contribution in [-0.4, -0.2) is 17.1 Å². The first kappa shape index (κ1) is 8.97. The zero-order chi connectivity index (χ0) is 9.42. The summed E-state index contributed by atoms with van der Waals surface area (Å²) in [7, 11) is 0. The number of carbonyl (C=O) groups is 1. The molecule has 2 fully saturated rings. The fourth-order valence-corrected chi connectivity index (χ4v) is 2.83. The Kier molecular flexibility index (Phi) is 2.26. The number of aliphatic hydroxyl groups excluding tert-OH is 1. The molecule has 2 aliphatic rings. The van der Waals surface area contributed by atoms with E-state index < -0.39 is 0 Å². The smallest absolute Gasteiger partial charge is 0.237 e. The highest BCUT2D eigenvalue weighted by molar-refractivity contribution is 5.78. The third-order valence-corrected chi connectivity index (χ3v) is 3.56. The van der Waals surface area contributed by atoms with Crippen LogP contribution in [0.25, 0.3) is 0 Å². The summed E-state index contributed by atoms with van der Waals surface area (Å²) in [6.07, 6.45) is 3.59. The van der Waals surface area contributed by atoms with Crippen LogP contribution in [0.3, 0.4) is 0 Å². The second kappa shape index (κ2) is 3.27. The summed E-state index contributed by atoms with van der Waals surface area (Å²) in [6, 6.07) is 0. The number of rotatable bonds is 1. The topological polar surface area (TPSA) is 75.3 Å². The largest absolute Gasteiger partial charge is 0.393 e. The molecule has 4 nitrogen and oxygen atoms in total. The van der Waals surface area contributed by atoms with E-state index in [9.17, 15) is 9.90 Å². The predicted molar refractivity (Wildman–Crippen MR) is 47.3 cm³/mol. The lowest BCUT2D eigenvalue weighted by Gasteiger charge is -2.30. The lowest BCUT2D eigenvalue weighted by molar-refractivity contribution is -0.128. The zero-order valence-electron chi connectivity index (χ0n) is 7.57. The number of hydrazine groups is 1. The molecule has 2 aliphatic carbocycles. The molecule has 0 aromatic rings. The van der Waals surface area contributed by atoms with Crippen LogP contribution in [0.1, 0.15) is 25.7 Å². The molecule has 0 aromatic heterocycles. The summed E-state index contributed by atoms with van der Waals surface area (Å²) in [6.45, 7) is 0. The molecular weight excluding hydrogens is 168 g/mol. The number of fused-ring (bicyclic) bond motifs is 2. The van der Waals surface area contributed by atoms with Gasteiger partial charge in [0.2, 0.25) is 5.91 Å². The van der Waals surface area contributed by atoms with Crippen molar-refractivity contribution in [3.05, 3.63) is 0 Å². The standard InChI is InChI=1S/C9H16N2O2/c10-11-9(13)7-3-5-1-2-6(4-7)8(5)12/h5-8,12H,1-4,10H2,(H,11,13)/t5-,6-,7?,8?/m0/s1. The van der Waals surface area contributed by atoms with Gasteiger partial charge in [-0.25, -0.2) is 5.84 Å². The maximum absolute atomic E-state index is 11.3. The van der Waals surface area contributed by atoms with Crippen molar-refractivity contribution in [3.8, 4) is 0 Å². The van der Waals surface area contributed by atoms with E-state index >= 15 is 0 Å². The molecule has 0 aliphatic heterocycles. The van der Waals surface area contributed by atoms with Gasteiger partial charge in [-0.05, 0) is 37.5 Å². The second-order valence-corrected chi connectivity index (χ2v) is 4.27. The number of hydrogen-bond donors (Lipinski definition) is 3. The van der Waals surface area contributed by atoms with E-state index in [1.807, 2.05) is 0 Å². The van der Waals surface area contributed by atoms with Gasteiger partial charge in [-0.1, -0.05) is 0 Å². The Morgan fingerprint density at radius 2 is 1.85 bits per heavy atom. The van der Waals surface area contributed by atoms with Gasteiger partial charge in [0, 0.05) is 5.92 Å². The molecule has 2 rings (SSSR count). The molecule has 0 saturated heterocycles. The molecular formula is C9H16N2O2. The van der Waals surface area contributed by atoms with Crippen LogP contribution in [-0.2, 0) is 4.79 Å². The van der Waals surface area contributed by atoms with Crippen LogP contribution in [0.15, 0.2) is 0 Å². The van der Waals surface area contributed by atoms with E-state index in [0.29, 0.717) is 11.8 Å². The van der Waals surface area contributed by atoms with Crippen LogP contribution in [0.4, 0.5) is 0 Å². The first-order chi connectivity index (χ1) is 6.22. The Morgan fingerprint density at radius 1 is 1.31 bits per heavy atom. The average molecular weight is 184 g/mol. The van der Waals surface area contributed by atoms with Crippen LogP contribution in [0.5, 0.6) is 0 Å². The lowest BCUT2D eigenvalue weighted by atomic mass is 9.78. The fraction of sp³-hybridized carbons (Fsp3) is 0.889. The maximum atomic E-state index is 11.3. The van der Waals surface area contributed by atoms with E-state index in [-0.39, 0.29) is 17.9 Å². The Balaban J connectivity index is 2.02.